The van der Waals surface area contributed by atoms with Gasteiger partial charge in [0.2, 0.25) is 5.91 Å². The molecule has 140 valence electrons. The predicted molar refractivity (Wildman–Crippen MR) is 107 cm³/mol. The first kappa shape index (κ1) is 18.0. The van der Waals surface area contributed by atoms with Crippen molar-refractivity contribution in [3.8, 4) is 5.75 Å². The lowest BCUT2D eigenvalue weighted by atomic mass is 9.71. The summed E-state index contributed by atoms with van der Waals surface area (Å²) in [6.07, 6.45) is 3.24. The predicted octanol–water partition coefficient (Wildman–Crippen LogP) is 3.76. The summed E-state index contributed by atoms with van der Waals surface area (Å²) in [4.78, 5) is 26.6. The molecule has 0 radical (unpaired) electrons. The smallest absolute Gasteiger partial charge is 0.265 e. The molecule has 1 heterocycles. The Morgan fingerprint density at radius 1 is 1.19 bits per heavy atom. The van der Waals surface area contributed by atoms with Crippen molar-refractivity contribution in [2.45, 2.75) is 31.2 Å². The van der Waals surface area contributed by atoms with Crippen molar-refractivity contribution in [3.05, 3.63) is 58.6 Å². The minimum atomic E-state index is -0.284. The molecule has 0 spiro atoms. The van der Waals surface area contributed by atoms with Crippen molar-refractivity contribution in [1.82, 2.24) is 5.32 Å². The number of amides is 2. The molecule has 2 aliphatic rings. The molecular weight excluding hydrogens is 408 g/mol. The van der Waals surface area contributed by atoms with Crippen molar-refractivity contribution < 1.29 is 14.3 Å². The second-order valence-corrected chi connectivity index (χ2v) is 7.96. The van der Waals surface area contributed by atoms with Gasteiger partial charge in [-0.1, -0.05) is 40.2 Å². The first-order valence-corrected chi connectivity index (χ1v) is 9.96. The van der Waals surface area contributed by atoms with E-state index in [1.807, 2.05) is 36.4 Å². The number of ether oxygens (including phenoxy) is 1. The van der Waals surface area contributed by atoms with E-state index in [2.05, 4.69) is 33.4 Å². The van der Waals surface area contributed by atoms with E-state index in [1.165, 1.54) is 0 Å². The molecule has 1 N–H and O–H groups in total. The Kier molecular flexibility index (Phi) is 4.91. The SMILES string of the molecule is O=C(CCN1C(=O)COc2ccccc21)NC1(c2cccc(Br)c2)CCC1. The monoisotopic (exact) mass is 428 g/mol. The summed E-state index contributed by atoms with van der Waals surface area (Å²) in [7, 11) is 0. The highest BCUT2D eigenvalue weighted by Crippen LogP contribution is 2.42. The first-order valence-electron chi connectivity index (χ1n) is 9.17. The molecule has 1 aliphatic carbocycles. The van der Waals surface area contributed by atoms with Gasteiger partial charge < -0.3 is 15.0 Å². The van der Waals surface area contributed by atoms with E-state index >= 15 is 0 Å². The third-order valence-electron chi connectivity index (χ3n) is 5.33. The van der Waals surface area contributed by atoms with Crippen LogP contribution >= 0.6 is 15.9 Å². The lowest BCUT2D eigenvalue weighted by Gasteiger charge is -2.43. The van der Waals surface area contributed by atoms with Crippen LogP contribution in [0, 0.1) is 0 Å². The van der Waals surface area contributed by atoms with Crippen molar-refractivity contribution >= 4 is 33.4 Å². The van der Waals surface area contributed by atoms with Gasteiger partial charge in [-0.05, 0) is 49.1 Å². The number of halogens is 1. The molecule has 6 heteroatoms. The Balaban J connectivity index is 1.43. The van der Waals surface area contributed by atoms with Crippen LogP contribution in [0.4, 0.5) is 5.69 Å². The normalized spacial score (nSPS) is 17.5. The number of benzene rings is 2. The summed E-state index contributed by atoms with van der Waals surface area (Å²) in [5.41, 5.74) is 1.57. The maximum atomic E-state index is 12.7. The lowest BCUT2D eigenvalue weighted by molar-refractivity contribution is -0.124. The average molecular weight is 429 g/mol. The highest BCUT2D eigenvalue weighted by Gasteiger charge is 2.40. The molecule has 5 nitrogen and oxygen atoms in total. The van der Waals surface area contributed by atoms with Crippen LogP contribution in [0.1, 0.15) is 31.2 Å². The van der Waals surface area contributed by atoms with Crippen LogP contribution in [0.5, 0.6) is 5.75 Å². The molecule has 1 aliphatic heterocycles. The molecule has 2 amide bonds. The summed E-state index contributed by atoms with van der Waals surface area (Å²) in [6.45, 7) is 0.361. The first-order chi connectivity index (χ1) is 13.1. The molecule has 0 aromatic heterocycles. The summed E-state index contributed by atoms with van der Waals surface area (Å²) >= 11 is 3.51. The van der Waals surface area contributed by atoms with E-state index in [1.54, 1.807) is 4.90 Å². The van der Waals surface area contributed by atoms with E-state index in [4.69, 9.17) is 4.74 Å². The minimum Gasteiger partial charge on any atom is -0.482 e. The average Bonchev–Trinajstić information content (AvgIpc) is 2.64. The van der Waals surface area contributed by atoms with Crippen LogP contribution in [0.3, 0.4) is 0 Å². The number of nitrogens with zero attached hydrogens (tertiary/aromatic N) is 1. The zero-order chi connectivity index (χ0) is 18.9. The number of carbonyl (C=O) groups excluding carboxylic acids is 2. The van der Waals surface area contributed by atoms with Crippen molar-refractivity contribution in [1.29, 1.82) is 0 Å². The van der Waals surface area contributed by atoms with Crippen LogP contribution < -0.4 is 15.0 Å². The fourth-order valence-electron chi connectivity index (χ4n) is 3.74. The van der Waals surface area contributed by atoms with Gasteiger partial charge in [-0.25, -0.2) is 0 Å². The van der Waals surface area contributed by atoms with Gasteiger partial charge in [0.15, 0.2) is 6.61 Å². The largest absolute Gasteiger partial charge is 0.482 e. The van der Waals surface area contributed by atoms with Gasteiger partial charge in [0.05, 0.1) is 11.2 Å². The van der Waals surface area contributed by atoms with Crippen molar-refractivity contribution in [3.63, 3.8) is 0 Å². The minimum absolute atomic E-state index is 0.0145. The zero-order valence-electron chi connectivity index (χ0n) is 14.9. The van der Waals surface area contributed by atoms with Gasteiger partial charge in [-0.3, -0.25) is 9.59 Å². The van der Waals surface area contributed by atoms with E-state index < -0.39 is 0 Å². The van der Waals surface area contributed by atoms with Crippen LogP contribution in [-0.2, 0) is 15.1 Å². The van der Waals surface area contributed by atoms with Crippen LogP contribution in [0.15, 0.2) is 53.0 Å². The summed E-state index contributed by atoms with van der Waals surface area (Å²) in [5.74, 6) is 0.528. The Labute approximate surface area is 166 Å². The van der Waals surface area contributed by atoms with Gasteiger partial charge in [0.1, 0.15) is 5.75 Å². The van der Waals surface area contributed by atoms with Gasteiger partial charge >= 0.3 is 0 Å². The molecule has 4 rings (SSSR count). The fraction of sp³-hybridized carbons (Fsp3) is 0.333. The quantitative estimate of drug-likeness (QED) is 0.788. The van der Waals surface area contributed by atoms with E-state index in [0.717, 1.165) is 35.0 Å². The van der Waals surface area contributed by atoms with Crippen LogP contribution in [0.25, 0.3) is 0 Å². The van der Waals surface area contributed by atoms with E-state index in [-0.39, 0.29) is 30.4 Å². The number of fused-ring (bicyclic) bond motifs is 1. The Hall–Kier alpha value is -2.34. The number of hydrogen-bond acceptors (Lipinski definition) is 3. The third-order valence-corrected chi connectivity index (χ3v) is 5.83. The molecule has 0 unspecified atom stereocenters. The van der Waals surface area contributed by atoms with Gasteiger partial charge in [-0.2, -0.15) is 0 Å². The number of nitrogens with one attached hydrogen (secondary N) is 1. The van der Waals surface area contributed by atoms with Crippen molar-refractivity contribution in [2.24, 2.45) is 0 Å². The maximum Gasteiger partial charge on any atom is 0.265 e. The number of anilines is 1. The summed E-state index contributed by atoms with van der Waals surface area (Å²) in [5, 5.41) is 3.22. The molecule has 2 aromatic carbocycles. The fourth-order valence-corrected chi connectivity index (χ4v) is 4.14. The Morgan fingerprint density at radius 2 is 2.00 bits per heavy atom. The van der Waals surface area contributed by atoms with Crippen molar-refractivity contribution in [2.75, 3.05) is 18.1 Å². The Morgan fingerprint density at radius 3 is 2.74 bits per heavy atom. The maximum absolute atomic E-state index is 12.7. The second-order valence-electron chi connectivity index (χ2n) is 7.05. The molecule has 0 atom stereocenters. The topological polar surface area (TPSA) is 58.6 Å². The molecule has 2 aromatic rings. The highest BCUT2D eigenvalue weighted by molar-refractivity contribution is 9.10. The van der Waals surface area contributed by atoms with Gasteiger partial charge in [0, 0.05) is 17.4 Å². The second kappa shape index (κ2) is 7.35. The zero-order valence-corrected chi connectivity index (χ0v) is 16.5. The third kappa shape index (κ3) is 3.58. The van der Waals surface area contributed by atoms with Gasteiger partial charge in [0.25, 0.3) is 5.91 Å². The highest BCUT2D eigenvalue weighted by atomic mass is 79.9. The molecule has 0 saturated heterocycles. The molecule has 1 saturated carbocycles. The molecule has 0 bridgehead atoms. The van der Waals surface area contributed by atoms with Crippen LogP contribution in [-0.4, -0.2) is 25.0 Å². The Bertz CT molecular complexity index is 879. The summed E-state index contributed by atoms with van der Waals surface area (Å²) < 4.78 is 6.46. The van der Waals surface area contributed by atoms with Crippen LogP contribution in [0.2, 0.25) is 0 Å². The van der Waals surface area contributed by atoms with E-state index in [0.29, 0.717) is 12.3 Å². The number of para-hydroxylation sites is 2. The number of carbonyl (C=O) groups is 2. The van der Waals surface area contributed by atoms with Gasteiger partial charge in [-0.15, -0.1) is 0 Å². The summed E-state index contributed by atoms with van der Waals surface area (Å²) in [6, 6.07) is 15.5. The molecule has 1 fully saturated rings. The standard InChI is InChI=1S/C21H21BrN2O3/c22-16-6-3-5-15(13-16)21(10-4-11-21)23-19(25)9-12-24-17-7-1-2-8-18(17)27-14-20(24)26/h1-3,5-8,13H,4,9-12,14H2,(H,23,25). The van der Waals surface area contributed by atoms with E-state index in [9.17, 15) is 9.59 Å². The number of rotatable bonds is 5. The molecule has 27 heavy (non-hydrogen) atoms. The molecular formula is C21H21BrN2O3. The number of hydrogen-bond donors (Lipinski definition) is 1. The lowest BCUT2D eigenvalue weighted by Crippen LogP contribution is -2.51.